The molecule has 0 saturated carbocycles. The molecular weight excluding hydrogens is 374 g/mol. The van der Waals surface area contributed by atoms with Gasteiger partial charge in [0.1, 0.15) is 5.69 Å². The van der Waals surface area contributed by atoms with Gasteiger partial charge in [-0.3, -0.25) is 4.79 Å². The number of anilines is 2. The zero-order valence-corrected chi connectivity index (χ0v) is 16.2. The summed E-state index contributed by atoms with van der Waals surface area (Å²) >= 11 is 6.10. The average molecular weight is 392 g/mol. The van der Waals surface area contributed by atoms with Crippen molar-refractivity contribution in [1.29, 1.82) is 0 Å². The average Bonchev–Trinajstić information content (AvgIpc) is 3.11. The summed E-state index contributed by atoms with van der Waals surface area (Å²) in [6.07, 6.45) is 3.44. The van der Waals surface area contributed by atoms with E-state index in [2.05, 4.69) is 15.4 Å². The summed E-state index contributed by atoms with van der Waals surface area (Å²) in [6.45, 7) is 0. The first-order chi connectivity index (χ1) is 13.5. The molecule has 4 aromatic rings. The van der Waals surface area contributed by atoms with Crippen LogP contribution in [0.4, 0.5) is 11.4 Å². The molecule has 0 saturated heterocycles. The predicted octanol–water partition coefficient (Wildman–Crippen LogP) is 4.37. The Labute approximate surface area is 167 Å². The van der Waals surface area contributed by atoms with E-state index in [9.17, 15) is 4.79 Å². The summed E-state index contributed by atoms with van der Waals surface area (Å²) in [6, 6.07) is 16.7. The number of aromatic nitrogens is 3. The maximum Gasteiger partial charge on any atom is 0.274 e. The number of fused-ring (bicyclic) bond motifs is 1. The van der Waals surface area contributed by atoms with Crippen molar-refractivity contribution in [3.63, 3.8) is 0 Å². The summed E-state index contributed by atoms with van der Waals surface area (Å²) in [5.41, 5.74) is 4.38. The Balaban J connectivity index is 1.63. The van der Waals surface area contributed by atoms with Crippen LogP contribution in [0.25, 0.3) is 16.8 Å². The predicted molar refractivity (Wildman–Crippen MR) is 112 cm³/mol. The highest BCUT2D eigenvalue weighted by Gasteiger charge is 2.13. The molecule has 0 aliphatic heterocycles. The second-order valence-corrected chi connectivity index (χ2v) is 6.98. The second kappa shape index (κ2) is 7.32. The minimum absolute atomic E-state index is 0.279. The Hall–Kier alpha value is -3.38. The summed E-state index contributed by atoms with van der Waals surface area (Å²) in [7, 11) is 3.94. The smallest absolute Gasteiger partial charge is 0.274 e. The molecule has 0 unspecified atom stereocenters. The highest BCUT2D eigenvalue weighted by atomic mass is 35.5. The quantitative estimate of drug-likeness (QED) is 0.561. The van der Waals surface area contributed by atoms with E-state index < -0.39 is 0 Å². The van der Waals surface area contributed by atoms with E-state index in [4.69, 9.17) is 11.6 Å². The first kappa shape index (κ1) is 18.0. The second-order valence-electron chi connectivity index (χ2n) is 6.54. The Morgan fingerprint density at radius 1 is 1.11 bits per heavy atom. The normalized spacial score (nSPS) is 10.8. The highest BCUT2D eigenvalue weighted by Crippen LogP contribution is 2.26. The van der Waals surface area contributed by atoms with Gasteiger partial charge in [0, 0.05) is 42.3 Å². The van der Waals surface area contributed by atoms with E-state index in [1.54, 1.807) is 23.0 Å². The fourth-order valence-corrected chi connectivity index (χ4v) is 3.08. The van der Waals surface area contributed by atoms with E-state index in [1.165, 1.54) is 0 Å². The third-order valence-electron chi connectivity index (χ3n) is 4.38. The van der Waals surface area contributed by atoms with Crippen molar-refractivity contribution in [2.75, 3.05) is 24.3 Å². The summed E-state index contributed by atoms with van der Waals surface area (Å²) in [5, 5.41) is 7.82. The number of amides is 1. The number of carbonyl (C=O) groups excluding carboxylic acids is 1. The molecule has 7 heteroatoms. The topological polar surface area (TPSA) is 62.5 Å². The monoisotopic (exact) mass is 391 g/mol. The van der Waals surface area contributed by atoms with Gasteiger partial charge in [-0.1, -0.05) is 23.7 Å². The van der Waals surface area contributed by atoms with Gasteiger partial charge in [-0.15, -0.1) is 0 Å². The van der Waals surface area contributed by atoms with E-state index in [0.717, 1.165) is 16.8 Å². The van der Waals surface area contributed by atoms with Gasteiger partial charge in [0.2, 0.25) is 0 Å². The van der Waals surface area contributed by atoms with Crippen LogP contribution < -0.4 is 10.2 Å². The van der Waals surface area contributed by atoms with Crippen LogP contribution in [-0.4, -0.2) is 34.6 Å². The number of nitrogens with one attached hydrogen (secondary N) is 1. The molecule has 0 spiro atoms. The Morgan fingerprint density at radius 3 is 2.61 bits per heavy atom. The zero-order valence-electron chi connectivity index (χ0n) is 15.4. The van der Waals surface area contributed by atoms with E-state index in [1.807, 2.05) is 67.5 Å². The van der Waals surface area contributed by atoms with Gasteiger partial charge in [0.25, 0.3) is 5.91 Å². The summed E-state index contributed by atoms with van der Waals surface area (Å²) < 4.78 is 1.64. The van der Waals surface area contributed by atoms with Gasteiger partial charge in [-0.25, -0.2) is 9.50 Å². The molecule has 140 valence electrons. The van der Waals surface area contributed by atoms with Crippen molar-refractivity contribution in [3.8, 4) is 11.1 Å². The van der Waals surface area contributed by atoms with Crippen LogP contribution in [0.15, 0.2) is 67.0 Å². The number of benzene rings is 2. The van der Waals surface area contributed by atoms with Gasteiger partial charge in [0.05, 0.1) is 6.20 Å². The minimum Gasteiger partial charge on any atom is -0.378 e. The van der Waals surface area contributed by atoms with Crippen LogP contribution in [0.2, 0.25) is 5.02 Å². The fourth-order valence-electron chi connectivity index (χ4n) is 2.89. The van der Waals surface area contributed by atoms with Crippen LogP contribution >= 0.6 is 11.6 Å². The van der Waals surface area contributed by atoms with Crippen molar-refractivity contribution in [2.24, 2.45) is 0 Å². The number of rotatable bonds is 4. The lowest BCUT2D eigenvalue weighted by molar-refractivity contribution is 0.102. The van der Waals surface area contributed by atoms with Gasteiger partial charge >= 0.3 is 0 Å². The summed E-state index contributed by atoms with van der Waals surface area (Å²) in [4.78, 5) is 19.2. The molecule has 4 rings (SSSR count). The number of hydrogen-bond acceptors (Lipinski definition) is 4. The number of hydrogen-bond donors (Lipinski definition) is 1. The number of nitrogens with zero attached hydrogens (tertiary/aromatic N) is 4. The molecule has 2 heterocycles. The van der Waals surface area contributed by atoms with Crippen molar-refractivity contribution in [1.82, 2.24) is 14.6 Å². The molecule has 28 heavy (non-hydrogen) atoms. The number of halogens is 1. The molecule has 1 N–H and O–H groups in total. The number of carbonyl (C=O) groups is 1. The van der Waals surface area contributed by atoms with Crippen molar-refractivity contribution in [2.45, 2.75) is 0 Å². The van der Waals surface area contributed by atoms with Crippen LogP contribution in [0.1, 0.15) is 10.5 Å². The van der Waals surface area contributed by atoms with Gasteiger partial charge < -0.3 is 10.2 Å². The first-order valence-corrected chi connectivity index (χ1v) is 9.08. The van der Waals surface area contributed by atoms with E-state index in [0.29, 0.717) is 22.1 Å². The van der Waals surface area contributed by atoms with E-state index >= 15 is 0 Å². The first-order valence-electron chi connectivity index (χ1n) is 8.70. The van der Waals surface area contributed by atoms with Gasteiger partial charge in [0.15, 0.2) is 5.65 Å². The minimum atomic E-state index is -0.279. The molecule has 2 aromatic carbocycles. The van der Waals surface area contributed by atoms with Crippen LogP contribution in [0, 0.1) is 0 Å². The molecular formula is C21H18ClN5O. The molecule has 6 nitrogen and oxygen atoms in total. The molecule has 1 amide bonds. The van der Waals surface area contributed by atoms with Crippen LogP contribution in [0.3, 0.4) is 0 Å². The molecule has 0 bridgehead atoms. The summed E-state index contributed by atoms with van der Waals surface area (Å²) in [5.74, 6) is -0.279. The van der Waals surface area contributed by atoms with E-state index in [-0.39, 0.29) is 5.91 Å². The Morgan fingerprint density at radius 2 is 1.89 bits per heavy atom. The van der Waals surface area contributed by atoms with Crippen LogP contribution in [-0.2, 0) is 0 Å². The molecule has 0 fully saturated rings. The van der Waals surface area contributed by atoms with Gasteiger partial charge in [-0.2, -0.15) is 5.10 Å². The standard InChI is InChI=1S/C21H18ClN5O/c1-26(2)17-8-6-16(7-9-17)24-21(28)19-10-11-27-20(25-19)18(13-23-27)14-4-3-5-15(22)12-14/h3-13H,1-2H3,(H,24,28). The Bertz CT molecular complexity index is 1150. The lowest BCUT2D eigenvalue weighted by atomic mass is 10.1. The van der Waals surface area contributed by atoms with Crippen LogP contribution in [0.5, 0.6) is 0 Å². The maximum absolute atomic E-state index is 12.7. The SMILES string of the molecule is CN(C)c1ccc(NC(=O)c2ccn3ncc(-c4cccc(Cl)c4)c3n2)cc1. The molecule has 0 aliphatic rings. The van der Waals surface area contributed by atoms with Crippen molar-refractivity contribution >= 4 is 34.5 Å². The molecule has 2 aromatic heterocycles. The zero-order chi connectivity index (χ0) is 19.7. The fraction of sp³-hybridized carbons (Fsp3) is 0.0952. The lowest BCUT2D eigenvalue weighted by Gasteiger charge is -2.13. The van der Waals surface area contributed by atoms with Crippen molar-refractivity contribution < 1.29 is 4.79 Å². The lowest BCUT2D eigenvalue weighted by Crippen LogP contribution is -2.14. The third kappa shape index (κ3) is 3.54. The largest absolute Gasteiger partial charge is 0.378 e. The molecule has 0 radical (unpaired) electrons. The highest BCUT2D eigenvalue weighted by molar-refractivity contribution is 6.30. The maximum atomic E-state index is 12.7. The molecule has 0 atom stereocenters. The molecule has 0 aliphatic carbocycles. The van der Waals surface area contributed by atoms with Crippen molar-refractivity contribution in [3.05, 3.63) is 77.7 Å². The Kier molecular flexibility index (Phi) is 4.71. The van der Waals surface area contributed by atoms with Gasteiger partial charge in [-0.05, 0) is 48.0 Å². The third-order valence-corrected chi connectivity index (χ3v) is 4.61.